The fourth-order valence-electron chi connectivity index (χ4n) is 5.41. The number of rotatable bonds is 7. The van der Waals surface area contributed by atoms with E-state index in [-0.39, 0.29) is 0 Å². The van der Waals surface area contributed by atoms with Gasteiger partial charge in [0.15, 0.2) is 5.82 Å². The minimum atomic E-state index is 0.729. The molecule has 5 aromatic heterocycles. The van der Waals surface area contributed by atoms with Gasteiger partial charge in [-0.2, -0.15) is 5.10 Å². The van der Waals surface area contributed by atoms with Crippen LogP contribution in [-0.2, 0) is 6.54 Å². The second-order valence-electron chi connectivity index (χ2n) is 9.84. The number of pyridine rings is 2. The Morgan fingerprint density at radius 2 is 1.86 bits per heavy atom. The van der Waals surface area contributed by atoms with Gasteiger partial charge >= 0.3 is 0 Å². The quantitative estimate of drug-likeness (QED) is 0.228. The summed E-state index contributed by atoms with van der Waals surface area (Å²) in [7, 11) is 0. The first-order chi connectivity index (χ1) is 18.3. The Morgan fingerprint density at radius 3 is 2.76 bits per heavy atom. The van der Waals surface area contributed by atoms with Gasteiger partial charge in [0.1, 0.15) is 11.2 Å². The van der Waals surface area contributed by atoms with Crippen molar-refractivity contribution in [2.75, 3.05) is 6.54 Å². The van der Waals surface area contributed by atoms with Gasteiger partial charge < -0.3 is 10.3 Å². The Hall–Kier alpha value is -3.88. The van der Waals surface area contributed by atoms with Crippen molar-refractivity contribution >= 4 is 33.3 Å². The maximum absolute atomic E-state index is 4.95. The lowest BCUT2D eigenvalue weighted by molar-refractivity contribution is 0.489. The largest absolute Gasteiger partial charge is 0.335 e. The van der Waals surface area contributed by atoms with Gasteiger partial charge in [0.25, 0.3) is 0 Å². The van der Waals surface area contributed by atoms with Gasteiger partial charge in [-0.1, -0.05) is 25.0 Å². The molecule has 0 amide bonds. The molecule has 0 unspecified atom stereocenters. The first-order valence-electron chi connectivity index (χ1n) is 12.8. The summed E-state index contributed by atoms with van der Waals surface area (Å²) in [6.45, 7) is 1.94. The van der Waals surface area contributed by atoms with Gasteiger partial charge in [0.2, 0.25) is 0 Å². The highest BCUT2D eigenvalue weighted by molar-refractivity contribution is 7.13. The number of imidazole rings is 1. The van der Waals surface area contributed by atoms with E-state index in [1.165, 1.54) is 31.2 Å². The first-order valence-corrected chi connectivity index (χ1v) is 13.7. The number of hydrogen-bond donors (Lipinski definition) is 3. The average Bonchev–Trinajstić information content (AvgIpc) is 3.74. The van der Waals surface area contributed by atoms with Crippen LogP contribution in [0.3, 0.4) is 0 Å². The van der Waals surface area contributed by atoms with E-state index in [4.69, 9.17) is 4.98 Å². The fraction of sp³-hybridized carbons (Fsp3) is 0.241. The molecule has 0 atom stereocenters. The molecule has 8 heteroatoms. The predicted molar refractivity (Wildman–Crippen MR) is 149 cm³/mol. The molecular weight excluding hydrogens is 478 g/mol. The Balaban J connectivity index is 1.20. The van der Waals surface area contributed by atoms with Crippen LogP contribution in [0, 0.1) is 5.92 Å². The third-order valence-corrected chi connectivity index (χ3v) is 8.24. The lowest BCUT2D eigenvalue weighted by atomic mass is 10.0. The normalized spacial score (nSPS) is 14.3. The molecule has 37 heavy (non-hydrogen) atoms. The summed E-state index contributed by atoms with van der Waals surface area (Å²) in [6, 6.07) is 12.7. The maximum Gasteiger partial charge on any atom is 0.159 e. The zero-order valence-corrected chi connectivity index (χ0v) is 21.2. The summed E-state index contributed by atoms with van der Waals surface area (Å²) in [5, 5.41) is 14.5. The minimum absolute atomic E-state index is 0.729. The Labute approximate surface area is 218 Å². The molecule has 5 heterocycles. The molecule has 0 saturated heterocycles. The Morgan fingerprint density at radius 1 is 0.946 bits per heavy atom. The van der Waals surface area contributed by atoms with E-state index in [1.807, 2.05) is 30.9 Å². The molecule has 7 rings (SSSR count). The predicted octanol–water partition coefficient (Wildman–Crippen LogP) is 6.57. The number of aromatic amines is 2. The molecule has 1 aromatic carbocycles. The lowest BCUT2D eigenvalue weighted by Gasteiger charge is -2.11. The smallest absolute Gasteiger partial charge is 0.159 e. The van der Waals surface area contributed by atoms with E-state index in [0.29, 0.717) is 0 Å². The van der Waals surface area contributed by atoms with Gasteiger partial charge in [-0.15, -0.1) is 11.3 Å². The van der Waals surface area contributed by atoms with Crippen LogP contribution >= 0.6 is 11.3 Å². The number of H-pyrrole nitrogens is 2. The number of nitrogens with one attached hydrogen (secondary N) is 3. The van der Waals surface area contributed by atoms with Crippen molar-refractivity contribution in [1.29, 1.82) is 0 Å². The molecule has 1 aliphatic rings. The van der Waals surface area contributed by atoms with E-state index in [2.05, 4.69) is 66.2 Å². The van der Waals surface area contributed by atoms with Gasteiger partial charge in [-0.25, -0.2) is 4.98 Å². The summed E-state index contributed by atoms with van der Waals surface area (Å²) in [5.41, 5.74) is 8.01. The summed E-state index contributed by atoms with van der Waals surface area (Å²) in [5.74, 6) is 1.56. The summed E-state index contributed by atoms with van der Waals surface area (Å²) >= 11 is 1.69. The van der Waals surface area contributed by atoms with Gasteiger partial charge in [0, 0.05) is 46.5 Å². The Kier molecular flexibility index (Phi) is 5.75. The fourth-order valence-corrected chi connectivity index (χ4v) is 6.15. The molecule has 0 bridgehead atoms. The summed E-state index contributed by atoms with van der Waals surface area (Å²) in [4.78, 5) is 18.5. The molecule has 6 aromatic rings. The summed E-state index contributed by atoms with van der Waals surface area (Å²) < 4.78 is 0. The second-order valence-corrected chi connectivity index (χ2v) is 10.8. The van der Waals surface area contributed by atoms with Crippen LogP contribution in [0.15, 0.2) is 66.6 Å². The van der Waals surface area contributed by atoms with Crippen molar-refractivity contribution in [3.63, 3.8) is 0 Å². The summed E-state index contributed by atoms with van der Waals surface area (Å²) in [6.07, 6.45) is 13.1. The van der Waals surface area contributed by atoms with E-state index < -0.39 is 0 Å². The molecule has 3 N–H and O–H groups in total. The third kappa shape index (κ3) is 4.32. The van der Waals surface area contributed by atoms with Crippen molar-refractivity contribution in [1.82, 2.24) is 35.5 Å². The highest BCUT2D eigenvalue weighted by atomic mass is 32.1. The molecule has 1 fully saturated rings. The van der Waals surface area contributed by atoms with E-state index in [1.54, 1.807) is 11.3 Å². The molecule has 0 radical (unpaired) electrons. The second kappa shape index (κ2) is 9.53. The average molecular weight is 506 g/mol. The van der Waals surface area contributed by atoms with Crippen LogP contribution in [0.2, 0.25) is 0 Å². The number of nitrogens with zero attached hydrogens (tertiary/aromatic N) is 4. The van der Waals surface area contributed by atoms with Gasteiger partial charge in [0.05, 0.1) is 17.2 Å². The van der Waals surface area contributed by atoms with Crippen LogP contribution in [-0.4, -0.2) is 36.7 Å². The molecule has 184 valence electrons. The SMILES string of the molecule is c1csc(-c2cncc3[nH]c(-c4n[nH]c5ccc(-c6cncc(CNCC7CCCC7)c6)cc45)nc23)c1. The number of hydrogen-bond acceptors (Lipinski definition) is 6. The van der Waals surface area contributed by atoms with Crippen LogP contribution in [0.4, 0.5) is 0 Å². The topological polar surface area (TPSA) is 95.2 Å². The molecule has 0 spiro atoms. The number of benzene rings is 1. The van der Waals surface area contributed by atoms with Crippen LogP contribution < -0.4 is 5.32 Å². The zero-order chi connectivity index (χ0) is 24.6. The number of thiophene rings is 1. The standard InChI is InChI=1S/C29H27N7S/c1-2-5-18(4-1)12-30-13-19-10-21(15-31-14-19)20-7-8-24-22(11-20)28(36-35-24)29-33-25-17-32-16-23(27(25)34-29)26-6-3-9-37-26/h3,6-11,14-18,30H,1-2,4-5,12-13H2,(H,33,34)(H,35,36). The molecule has 1 aliphatic carbocycles. The zero-order valence-electron chi connectivity index (χ0n) is 20.4. The first kappa shape index (κ1) is 22.3. The van der Waals surface area contributed by atoms with Crippen LogP contribution in [0.1, 0.15) is 31.2 Å². The van der Waals surface area contributed by atoms with Crippen molar-refractivity contribution in [3.8, 4) is 33.1 Å². The van der Waals surface area contributed by atoms with E-state index in [9.17, 15) is 0 Å². The molecule has 7 nitrogen and oxygen atoms in total. The lowest BCUT2D eigenvalue weighted by Crippen LogP contribution is -2.20. The van der Waals surface area contributed by atoms with Crippen molar-refractivity contribution < 1.29 is 0 Å². The van der Waals surface area contributed by atoms with E-state index >= 15 is 0 Å². The van der Waals surface area contributed by atoms with Gasteiger partial charge in [-0.05, 0) is 66.1 Å². The Bertz CT molecular complexity index is 1680. The number of aromatic nitrogens is 6. The van der Waals surface area contributed by atoms with Crippen molar-refractivity contribution in [2.24, 2.45) is 5.92 Å². The van der Waals surface area contributed by atoms with Crippen LogP contribution in [0.5, 0.6) is 0 Å². The van der Waals surface area contributed by atoms with E-state index in [0.717, 1.165) is 74.0 Å². The molecule has 1 saturated carbocycles. The monoisotopic (exact) mass is 505 g/mol. The van der Waals surface area contributed by atoms with Gasteiger partial charge in [-0.3, -0.25) is 15.1 Å². The minimum Gasteiger partial charge on any atom is -0.335 e. The molecular formula is C29H27N7S. The van der Waals surface area contributed by atoms with Crippen LogP contribution in [0.25, 0.3) is 55.0 Å². The van der Waals surface area contributed by atoms with Crippen molar-refractivity contribution in [2.45, 2.75) is 32.2 Å². The third-order valence-electron chi connectivity index (χ3n) is 7.33. The van der Waals surface area contributed by atoms with Crippen molar-refractivity contribution in [3.05, 3.63) is 72.1 Å². The molecule has 0 aliphatic heterocycles. The highest BCUT2D eigenvalue weighted by Crippen LogP contribution is 2.34. The number of fused-ring (bicyclic) bond motifs is 2. The maximum atomic E-state index is 4.95. The highest BCUT2D eigenvalue weighted by Gasteiger charge is 2.17.